The average molecular weight is 518 g/mol. The number of methoxy groups -OCH3 is 1. The molecule has 0 spiro atoms. The Morgan fingerprint density at radius 2 is 0.829 bits per heavy atom. The average Bonchev–Trinajstić information content (AvgIpc) is 2.85. The van der Waals surface area contributed by atoms with Crippen molar-refractivity contribution in [3.8, 4) is 0 Å². The van der Waals surface area contributed by atoms with E-state index in [1.54, 1.807) is 0 Å². The largest absolute Gasteiger partial charge is 0.394 e. The fraction of sp³-hybridized carbons (Fsp3) is 1.00. The van der Waals surface area contributed by atoms with E-state index >= 15 is 0 Å². The first-order valence-electron chi connectivity index (χ1n) is 11.0. The summed E-state index contributed by atoms with van der Waals surface area (Å²) in [5, 5.41) is 99.5. The third kappa shape index (κ3) is 6.10. The number of ether oxygens (including phenoxy) is 6. The molecule has 0 aromatic carbocycles. The molecule has 16 nitrogen and oxygen atoms in total. The van der Waals surface area contributed by atoms with Gasteiger partial charge in [-0.05, 0) is 0 Å². The maximum Gasteiger partial charge on any atom is 0.186 e. The first kappa shape index (κ1) is 28.9. The highest BCUT2D eigenvalue weighted by molar-refractivity contribution is 4.93. The lowest BCUT2D eigenvalue weighted by Gasteiger charge is -2.43. The second-order valence-electron chi connectivity index (χ2n) is 8.63. The molecular weight excluding hydrogens is 484 g/mol. The lowest BCUT2D eigenvalue weighted by Crippen LogP contribution is -2.62. The Bertz CT molecular complexity index is 600. The predicted molar refractivity (Wildman–Crippen MR) is 106 cm³/mol. The fourth-order valence-corrected chi connectivity index (χ4v) is 4.03. The summed E-state index contributed by atoms with van der Waals surface area (Å²) in [5.41, 5.74) is 0. The molecule has 3 aliphatic heterocycles. The van der Waals surface area contributed by atoms with Gasteiger partial charge in [-0.2, -0.15) is 0 Å². The number of rotatable bonds is 8. The second-order valence-corrected chi connectivity index (χ2v) is 8.63. The van der Waals surface area contributed by atoms with E-state index in [1.807, 2.05) is 0 Å². The number of aliphatic hydroxyl groups excluding tert-OH is 10. The van der Waals surface area contributed by atoms with Crippen molar-refractivity contribution in [2.75, 3.05) is 26.9 Å². The van der Waals surface area contributed by atoms with Gasteiger partial charge in [-0.1, -0.05) is 0 Å². The van der Waals surface area contributed by atoms with Crippen LogP contribution in [-0.2, 0) is 28.4 Å². The summed E-state index contributed by atoms with van der Waals surface area (Å²) in [4.78, 5) is 0. The molecular formula is C19H34O16. The SMILES string of the molecule is CO[C@H]1O[C@H](CO[C@@H]2O[C@H](CO[C@@H]3O[C@H](CO)[C@@H](O)[C@H](O)[C@H]3O)[C@@H](O)[C@H](O)[C@H]2O)[C@@H](O)[C@H](O)[C@H]1O. The Balaban J connectivity index is 1.59. The van der Waals surface area contributed by atoms with Crippen LogP contribution >= 0.6 is 0 Å². The summed E-state index contributed by atoms with van der Waals surface area (Å²) in [5.74, 6) is 0. The molecule has 0 aliphatic carbocycles. The summed E-state index contributed by atoms with van der Waals surface area (Å²) >= 11 is 0. The maximum atomic E-state index is 10.3. The monoisotopic (exact) mass is 518 g/mol. The molecule has 0 saturated carbocycles. The molecule has 0 aromatic rings. The van der Waals surface area contributed by atoms with Gasteiger partial charge in [0.25, 0.3) is 0 Å². The van der Waals surface area contributed by atoms with E-state index in [0.29, 0.717) is 0 Å². The zero-order chi connectivity index (χ0) is 26.0. The van der Waals surface area contributed by atoms with Crippen LogP contribution in [0, 0.1) is 0 Å². The molecule has 0 aromatic heterocycles. The van der Waals surface area contributed by atoms with Crippen molar-refractivity contribution in [3.05, 3.63) is 0 Å². The first-order chi connectivity index (χ1) is 16.5. The summed E-state index contributed by atoms with van der Waals surface area (Å²) in [6.45, 7) is -1.72. The number of hydrogen-bond acceptors (Lipinski definition) is 16. The molecule has 35 heavy (non-hydrogen) atoms. The van der Waals surface area contributed by atoms with Crippen LogP contribution in [0.25, 0.3) is 0 Å². The lowest BCUT2D eigenvalue weighted by molar-refractivity contribution is -0.341. The summed E-state index contributed by atoms with van der Waals surface area (Å²) in [7, 11) is 1.21. The zero-order valence-electron chi connectivity index (χ0n) is 18.7. The predicted octanol–water partition coefficient (Wildman–Crippen LogP) is -6.92. The highest BCUT2D eigenvalue weighted by Gasteiger charge is 2.49. The van der Waals surface area contributed by atoms with E-state index in [2.05, 4.69) is 0 Å². The van der Waals surface area contributed by atoms with Gasteiger partial charge in [0, 0.05) is 7.11 Å². The molecule has 0 bridgehead atoms. The van der Waals surface area contributed by atoms with Crippen molar-refractivity contribution in [1.82, 2.24) is 0 Å². The van der Waals surface area contributed by atoms with Crippen LogP contribution in [0.5, 0.6) is 0 Å². The quantitative estimate of drug-likeness (QED) is 0.143. The van der Waals surface area contributed by atoms with Crippen molar-refractivity contribution in [2.24, 2.45) is 0 Å². The minimum atomic E-state index is -1.77. The second kappa shape index (κ2) is 12.3. The minimum absolute atomic E-state index is 0.490. The summed E-state index contributed by atoms with van der Waals surface area (Å²) in [6, 6.07) is 0. The molecule has 0 unspecified atom stereocenters. The molecule has 3 fully saturated rings. The van der Waals surface area contributed by atoms with Gasteiger partial charge < -0.3 is 79.5 Å². The van der Waals surface area contributed by atoms with E-state index in [0.717, 1.165) is 0 Å². The van der Waals surface area contributed by atoms with Gasteiger partial charge in [-0.3, -0.25) is 0 Å². The van der Waals surface area contributed by atoms with Crippen LogP contribution in [0.15, 0.2) is 0 Å². The van der Waals surface area contributed by atoms with Gasteiger partial charge >= 0.3 is 0 Å². The van der Waals surface area contributed by atoms with E-state index < -0.39 is 112 Å². The standard InChI is InChI=1S/C19H34O16/c1-30-17-14(27)12(25)9(22)6(34-17)3-32-19-16(29)13(26)10(23)7(35-19)4-31-18-15(28)11(24)8(21)5(2-20)33-18/h5-29H,2-4H2,1H3/t5-,6-,7-,8-,9-,10-,11+,12+,13+,14-,15-,16-,17+,18-,19-/m1/s1. The molecule has 3 aliphatic rings. The Hall–Kier alpha value is -0.640. The molecule has 3 rings (SSSR count). The van der Waals surface area contributed by atoms with Crippen LogP contribution < -0.4 is 0 Å². The molecule has 3 saturated heterocycles. The molecule has 3 heterocycles. The van der Waals surface area contributed by atoms with Crippen molar-refractivity contribution in [2.45, 2.75) is 92.1 Å². The van der Waals surface area contributed by atoms with Gasteiger partial charge in [0.15, 0.2) is 18.9 Å². The van der Waals surface area contributed by atoms with Gasteiger partial charge in [0.1, 0.15) is 73.2 Å². The molecule has 206 valence electrons. The molecule has 10 N–H and O–H groups in total. The third-order valence-electron chi connectivity index (χ3n) is 6.27. The zero-order valence-corrected chi connectivity index (χ0v) is 18.7. The maximum absolute atomic E-state index is 10.3. The first-order valence-corrected chi connectivity index (χ1v) is 11.0. The minimum Gasteiger partial charge on any atom is -0.394 e. The number of aliphatic hydroxyl groups is 10. The number of hydrogen-bond donors (Lipinski definition) is 10. The third-order valence-corrected chi connectivity index (χ3v) is 6.27. The van der Waals surface area contributed by atoms with Crippen LogP contribution in [0.2, 0.25) is 0 Å². The van der Waals surface area contributed by atoms with E-state index in [4.69, 9.17) is 28.4 Å². The fourth-order valence-electron chi connectivity index (χ4n) is 4.03. The van der Waals surface area contributed by atoms with Crippen molar-refractivity contribution in [3.63, 3.8) is 0 Å². The summed E-state index contributed by atoms with van der Waals surface area (Å²) < 4.78 is 31.6. The molecule has 16 heteroatoms. The van der Waals surface area contributed by atoms with Crippen LogP contribution in [0.3, 0.4) is 0 Å². The van der Waals surface area contributed by atoms with Gasteiger partial charge in [-0.25, -0.2) is 0 Å². The van der Waals surface area contributed by atoms with Crippen LogP contribution in [0.4, 0.5) is 0 Å². The van der Waals surface area contributed by atoms with Crippen LogP contribution in [-0.4, -0.2) is 170 Å². The van der Waals surface area contributed by atoms with Crippen molar-refractivity contribution < 1.29 is 79.5 Å². The van der Waals surface area contributed by atoms with Crippen molar-refractivity contribution >= 4 is 0 Å². The van der Waals surface area contributed by atoms with E-state index in [-0.39, 0.29) is 0 Å². The van der Waals surface area contributed by atoms with Crippen molar-refractivity contribution in [1.29, 1.82) is 0 Å². The Morgan fingerprint density at radius 1 is 0.486 bits per heavy atom. The highest BCUT2D eigenvalue weighted by Crippen LogP contribution is 2.27. The van der Waals surface area contributed by atoms with Gasteiger partial charge in [0.05, 0.1) is 19.8 Å². The lowest BCUT2D eigenvalue weighted by atomic mass is 9.98. The molecule has 15 atom stereocenters. The van der Waals surface area contributed by atoms with Crippen LogP contribution in [0.1, 0.15) is 0 Å². The smallest absolute Gasteiger partial charge is 0.186 e. The van der Waals surface area contributed by atoms with E-state index in [1.165, 1.54) is 7.11 Å². The van der Waals surface area contributed by atoms with E-state index in [9.17, 15) is 51.1 Å². The molecule has 0 amide bonds. The molecule has 0 radical (unpaired) electrons. The van der Waals surface area contributed by atoms with Gasteiger partial charge in [-0.15, -0.1) is 0 Å². The topological polar surface area (TPSA) is 258 Å². The normalized spacial score (nSPS) is 51.3. The summed E-state index contributed by atoms with van der Waals surface area (Å²) in [6.07, 6.45) is -23.1. The highest BCUT2D eigenvalue weighted by atomic mass is 16.7. The Morgan fingerprint density at radius 3 is 1.23 bits per heavy atom. The van der Waals surface area contributed by atoms with Gasteiger partial charge in [0.2, 0.25) is 0 Å². The Kier molecular flexibility index (Phi) is 10.1. The Labute approximate surface area is 199 Å².